The molecule has 19 heavy (non-hydrogen) atoms. The van der Waals surface area contributed by atoms with Gasteiger partial charge in [0.05, 0.1) is 22.8 Å². The number of carbonyl (C=O) groups is 1. The number of rotatable bonds is 4. The van der Waals surface area contributed by atoms with Gasteiger partial charge in [-0.3, -0.25) is 4.79 Å². The van der Waals surface area contributed by atoms with E-state index in [1.54, 1.807) is 24.7 Å². The molecule has 3 N–H and O–H groups in total. The molecular weight excluding hydrogens is 286 g/mol. The monoisotopic (exact) mass is 297 g/mol. The summed E-state index contributed by atoms with van der Waals surface area (Å²) in [5.74, 6) is 5.37. The summed E-state index contributed by atoms with van der Waals surface area (Å²) < 4.78 is 0. The summed E-state index contributed by atoms with van der Waals surface area (Å²) in [7, 11) is 1.67. The molecule has 0 aromatic carbocycles. The average molecular weight is 298 g/mol. The third kappa shape index (κ3) is 3.19. The number of halogens is 1. The molecule has 2 heterocycles. The van der Waals surface area contributed by atoms with Gasteiger partial charge in [0.15, 0.2) is 0 Å². The topological polar surface area (TPSA) is 84.1 Å². The summed E-state index contributed by atoms with van der Waals surface area (Å²) in [6.45, 7) is 0.403. The van der Waals surface area contributed by atoms with E-state index in [4.69, 9.17) is 17.4 Å². The Morgan fingerprint density at radius 3 is 3.00 bits per heavy atom. The van der Waals surface area contributed by atoms with Crippen molar-refractivity contribution in [2.75, 3.05) is 12.5 Å². The Bertz CT molecular complexity index is 574. The molecule has 0 saturated carbocycles. The maximum atomic E-state index is 12.2. The summed E-state index contributed by atoms with van der Waals surface area (Å²) in [5.41, 5.74) is 5.09. The lowest BCUT2D eigenvalue weighted by Crippen LogP contribution is -2.27. The van der Waals surface area contributed by atoms with Crippen molar-refractivity contribution in [2.45, 2.75) is 6.54 Å². The molecule has 2 aromatic heterocycles. The predicted octanol–water partition coefficient (Wildman–Crippen LogP) is 1.75. The zero-order chi connectivity index (χ0) is 13.8. The number of amides is 1. The Morgan fingerprint density at radius 2 is 2.37 bits per heavy atom. The van der Waals surface area contributed by atoms with E-state index in [1.165, 1.54) is 16.2 Å². The molecule has 1 amide bonds. The van der Waals surface area contributed by atoms with Crippen LogP contribution in [0, 0.1) is 0 Å². The highest BCUT2D eigenvalue weighted by Crippen LogP contribution is 2.18. The molecule has 6 nitrogen and oxygen atoms in total. The highest BCUT2D eigenvalue weighted by Gasteiger charge is 2.18. The number of carbonyl (C=O) groups excluding carboxylic acids is 1. The lowest BCUT2D eigenvalue weighted by atomic mass is 10.3. The fraction of sp³-hybridized carbons (Fsp3) is 0.182. The van der Waals surface area contributed by atoms with Crippen molar-refractivity contribution in [3.63, 3.8) is 0 Å². The predicted molar refractivity (Wildman–Crippen MR) is 75.0 cm³/mol. The summed E-state index contributed by atoms with van der Waals surface area (Å²) in [6, 6.07) is 3.17. The molecule has 0 radical (unpaired) electrons. The number of hydrazine groups is 1. The number of thiazole rings is 1. The minimum Gasteiger partial charge on any atom is -0.334 e. The lowest BCUT2D eigenvalue weighted by Gasteiger charge is -2.16. The number of aromatic nitrogens is 2. The van der Waals surface area contributed by atoms with E-state index in [1.807, 2.05) is 5.38 Å². The van der Waals surface area contributed by atoms with Gasteiger partial charge in [0.2, 0.25) is 0 Å². The van der Waals surface area contributed by atoms with Gasteiger partial charge in [-0.15, -0.1) is 11.3 Å². The Morgan fingerprint density at radius 1 is 1.58 bits per heavy atom. The molecule has 0 fully saturated rings. The van der Waals surface area contributed by atoms with Crippen LogP contribution >= 0.6 is 22.9 Å². The largest absolute Gasteiger partial charge is 0.334 e. The fourth-order valence-corrected chi connectivity index (χ4v) is 2.22. The van der Waals surface area contributed by atoms with Crippen LogP contribution in [0.1, 0.15) is 16.2 Å². The number of anilines is 1. The van der Waals surface area contributed by atoms with Gasteiger partial charge in [0, 0.05) is 12.4 Å². The van der Waals surface area contributed by atoms with Crippen LogP contribution in [0.4, 0.5) is 5.82 Å². The van der Waals surface area contributed by atoms with E-state index >= 15 is 0 Å². The van der Waals surface area contributed by atoms with Gasteiger partial charge >= 0.3 is 0 Å². The second-order valence-electron chi connectivity index (χ2n) is 3.81. The van der Waals surface area contributed by atoms with Crippen molar-refractivity contribution in [2.24, 2.45) is 5.84 Å². The summed E-state index contributed by atoms with van der Waals surface area (Å²) >= 11 is 7.46. The second-order valence-corrected chi connectivity index (χ2v) is 4.94. The van der Waals surface area contributed by atoms with Gasteiger partial charge < -0.3 is 10.3 Å². The van der Waals surface area contributed by atoms with E-state index < -0.39 is 0 Å². The number of nitrogen functional groups attached to an aromatic ring is 1. The van der Waals surface area contributed by atoms with Crippen LogP contribution in [-0.2, 0) is 6.54 Å². The third-order valence-corrected chi connectivity index (χ3v) is 3.37. The summed E-state index contributed by atoms with van der Waals surface area (Å²) in [4.78, 5) is 21.9. The van der Waals surface area contributed by atoms with E-state index in [0.717, 1.165) is 5.69 Å². The first-order chi connectivity index (χ1) is 9.11. The molecule has 2 aromatic rings. The first-order valence-electron chi connectivity index (χ1n) is 5.37. The Labute approximate surface area is 119 Å². The second kappa shape index (κ2) is 5.96. The molecule has 100 valence electrons. The minimum absolute atomic E-state index is 0.162. The Kier molecular flexibility index (Phi) is 4.31. The number of nitrogens with one attached hydrogen (secondary N) is 1. The van der Waals surface area contributed by atoms with Crippen LogP contribution < -0.4 is 11.3 Å². The first kappa shape index (κ1) is 13.7. The molecule has 0 saturated heterocycles. The van der Waals surface area contributed by atoms with Gasteiger partial charge in [0.25, 0.3) is 5.91 Å². The van der Waals surface area contributed by atoms with Gasteiger partial charge in [-0.1, -0.05) is 11.6 Å². The van der Waals surface area contributed by atoms with Crippen LogP contribution in [0.25, 0.3) is 0 Å². The van der Waals surface area contributed by atoms with E-state index in [-0.39, 0.29) is 16.6 Å². The van der Waals surface area contributed by atoms with Gasteiger partial charge in [-0.25, -0.2) is 15.8 Å². The highest BCUT2D eigenvalue weighted by atomic mass is 35.5. The van der Waals surface area contributed by atoms with E-state index in [9.17, 15) is 4.79 Å². The zero-order valence-electron chi connectivity index (χ0n) is 10.1. The molecule has 0 atom stereocenters. The molecule has 0 aliphatic rings. The fourth-order valence-electron chi connectivity index (χ4n) is 1.48. The van der Waals surface area contributed by atoms with Crippen LogP contribution in [0.3, 0.4) is 0 Å². The molecule has 8 heteroatoms. The first-order valence-corrected chi connectivity index (χ1v) is 6.69. The molecule has 0 aliphatic heterocycles. The Balaban J connectivity index is 2.18. The molecule has 0 aliphatic carbocycles. The highest BCUT2D eigenvalue weighted by molar-refractivity contribution is 7.07. The van der Waals surface area contributed by atoms with Crippen LogP contribution in [-0.4, -0.2) is 27.8 Å². The number of nitrogens with two attached hydrogens (primary N) is 1. The number of hydrogen-bond acceptors (Lipinski definition) is 6. The van der Waals surface area contributed by atoms with Crippen molar-refractivity contribution in [1.82, 2.24) is 14.9 Å². The van der Waals surface area contributed by atoms with Gasteiger partial charge in [-0.2, -0.15) is 0 Å². The minimum atomic E-state index is -0.282. The SMILES string of the molecule is CN(Cc1cscn1)C(=O)c1nc(NN)ccc1Cl. The Hall–Kier alpha value is -1.70. The summed E-state index contributed by atoms with van der Waals surface area (Å²) in [6.07, 6.45) is 0. The maximum absolute atomic E-state index is 12.2. The standard InChI is InChI=1S/C11H12ClN5OS/c1-17(4-7-5-19-6-14-7)11(18)10-8(12)2-3-9(15-10)16-13/h2-3,5-6H,4,13H2,1H3,(H,15,16). The number of pyridine rings is 1. The lowest BCUT2D eigenvalue weighted by molar-refractivity contribution is 0.0778. The van der Waals surface area contributed by atoms with Crippen molar-refractivity contribution in [1.29, 1.82) is 0 Å². The van der Waals surface area contributed by atoms with Crippen molar-refractivity contribution >= 4 is 34.7 Å². The third-order valence-electron chi connectivity index (χ3n) is 2.43. The van der Waals surface area contributed by atoms with E-state index in [2.05, 4.69) is 15.4 Å². The van der Waals surface area contributed by atoms with Crippen LogP contribution in [0.15, 0.2) is 23.0 Å². The van der Waals surface area contributed by atoms with Crippen LogP contribution in [0.2, 0.25) is 5.02 Å². The maximum Gasteiger partial charge on any atom is 0.274 e. The quantitative estimate of drug-likeness (QED) is 0.663. The zero-order valence-corrected chi connectivity index (χ0v) is 11.7. The smallest absolute Gasteiger partial charge is 0.274 e. The number of nitrogens with zero attached hydrogens (tertiary/aromatic N) is 3. The normalized spacial score (nSPS) is 10.3. The van der Waals surface area contributed by atoms with Crippen molar-refractivity contribution < 1.29 is 4.79 Å². The van der Waals surface area contributed by atoms with Gasteiger partial charge in [-0.05, 0) is 12.1 Å². The number of hydrogen-bond donors (Lipinski definition) is 2. The molecule has 0 unspecified atom stereocenters. The van der Waals surface area contributed by atoms with Crippen LogP contribution in [0.5, 0.6) is 0 Å². The van der Waals surface area contributed by atoms with E-state index in [0.29, 0.717) is 12.4 Å². The van der Waals surface area contributed by atoms with Crippen molar-refractivity contribution in [3.05, 3.63) is 39.4 Å². The average Bonchev–Trinajstić information content (AvgIpc) is 2.91. The molecule has 0 spiro atoms. The summed E-state index contributed by atoms with van der Waals surface area (Å²) in [5, 5.41) is 2.17. The molecular formula is C11H12ClN5OS. The van der Waals surface area contributed by atoms with Crippen molar-refractivity contribution in [3.8, 4) is 0 Å². The molecule has 0 bridgehead atoms. The van der Waals surface area contributed by atoms with Gasteiger partial charge in [0.1, 0.15) is 11.5 Å². The molecule has 2 rings (SSSR count).